The van der Waals surface area contributed by atoms with Crippen LogP contribution < -0.4 is 10.6 Å². The third kappa shape index (κ3) is 2.10. The van der Waals surface area contributed by atoms with E-state index in [0.29, 0.717) is 5.69 Å². The molecule has 3 heteroatoms. The van der Waals surface area contributed by atoms with Crippen molar-refractivity contribution in [3.8, 4) is 0 Å². The molecule has 98 valence electrons. The van der Waals surface area contributed by atoms with Gasteiger partial charge in [0.1, 0.15) is 5.82 Å². The number of halogens is 1. The van der Waals surface area contributed by atoms with Gasteiger partial charge in [0.25, 0.3) is 0 Å². The molecule has 0 aromatic heterocycles. The van der Waals surface area contributed by atoms with Crippen molar-refractivity contribution in [1.82, 2.24) is 0 Å². The Morgan fingerprint density at radius 1 is 1.16 bits per heavy atom. The highest BCUT2D eigenvalue weighted by molar-refractivity contribution is 5.70. The molecule has 0 bridgehead atoms. The molecule has 0 fully saturated rings. The van der Waals surface area contributed by atoms with E-state index in [2.05, 4.69) is 6.07 Å². The number of fused-ring (bicyclic) bond motifs is 1. The lowest BCUT2D eigenvalue weighted by Crippen LogP contribution is -2.15. The lowest BCUT2D eigenvalue weighted by molar-refractivity contribution is 0.620. The molecule has 1 aliphatic heterocycles. The molecule has 0 saturated carbocycles. The predicted octanol–water partition coefficient (Wildman–Crippen LogP) is 3.54. The maximum atomic E-state index is 14.3. The molecule has 0 spiro atoms. The zero-order valence-corrected chi connectivity index (χ0v) is 10.9. The SMILES string of the molecule is C[C@@H](N)c1ccc(N2CCc3ccccc32)c(F)c1. The molecule has 3 rings (SSSR count). The summed E-state index contributed by atoms with van der Waals surface area (Å²) in [5.41, 5.74) is 9.63. The first kappa shape index (κ1) is 12.2. The van der Waals surface area contributed by atoms with Crippen LogP contribution in [0.5, 0.6) is 0 Å². The van der Waals surface area contributed by atoms with Crippen LogP contribution in [0.3, 0.4) is 0 Å². The van der Waals surface area contributed by atoms with Gasteiger partial charge in [-0.2, -0.15) is 0 Å². The number of nitrogens with zero attached hydrogens (tertiary/aromatic N) is 1. The van der Waals surface area contributed by atoms with Gasteiger partial charge < -0.3 is 10.6 Å². The van der Waals surface area contributed by atoms with Crippen molar-refractivity contribution >= 4 is 11.4 Å². The van der Waals surface area contributed by atoms with Crippen LogP contribution in [0.15, 0.2) is 42.5 Å². The Morgan fingerprint density at radius 2 is 1.95 bits per heavy atom. The molecule has 0 saturated heterocycles. The van der Waals surface area contributed by atoms with Crippen molar-refractivity contribution in [2.45, 2.75) is 19.4 Å². The predicted molar refractivity (Wildman–Crippen MR) is 76.2 cm³/mol. The summed E-state index contributed by atoms with van der Waals surface area (Å²) in [6, 6.07) is 13.3. The minimum absolute atomic E-state index is 0.144. The van der Waals surface area contributed by atoms with Crippen LogP contribution in [0.25, 0.3) is 0 Å². The Morgan fingerprint density at radius 3 is 2.68 bits per heavy atom. The maximum Gasteiger partial charge on any atom is 0.147 e. The first-order valence-corrected chi connectivity index (χ1v) is 6.57. The van der Waals surface area contributed by atoms with Crippen molar-refractivity contribution in [1.29, 1.82) is 0 Å². The monoisotopic (exact) mass is 256 g/mol. The van der Waals surface area contributed by atoms with Gasteiger partial charge in [0.15, 0.2) is 0 Å². The second kappa shape index (κ2) is 4.67. The van der Waals surface area contributed by atoms with E-state index in [1.807, 2.05) is 42.2 Å². The van der Waals surface area contributed by atoms with Crippen molar-refractivity contribution in [3.05, 3.63) is 59.4 Å². The van der Waals surface area contributed by atoms with E-state index in [1.54, 1.807) is 6.07 Å². The summed E-state index contributed by atoms with van der Waals surface area (Å²) in [6.07, 6.45) is 0.963. The van der Waals surface area contributed by atoms with Gasteiger partial charge in [-0.25, -0.2) is 4.39 Å². The van der Waals surface area contributed by atoms with Crippen molar-refractivity contribution in [2.75, 3.05) is 11.4 Å². The average Bonchev–Trinajstić information content (AvgIpc) is 2.82. The van der Waals surface area contributed by atoms with Crippen LogP contribution in [0.4, 0.5) is 15.8 Å². The average molecular weight is 256 g/mol. The van der Waals surface area contributed by atoms with E-state index < -0.39 is 0 Å². The molecule has 0 radical (unpaired) electrons. The topological polar surface area (TPSA) is 29.3 Å². The zero-order valence-electron chi connectivity index (χ0n) is 10.9. The molecule has 2 N–H and O–H groups in total. The highest BCUT2D eigenvalue weighted by Gasteiger charge is 2.22. The first-order valence-electron chi connectivity index (χ1n) is 6.57. The highest BCUT2D eigenvalue weighted by atomic mass is 19.1. The lowest BCUT2D eigenvalue weighted by Gasteiger charge is -2.21. The van der Waals surface area contributed by atoms with Crippen LogP contribution in [0.1, 0.15) is 24.1 Å². The highest BCUT2D eigenvalue weighted by Crippen LogP contribution is 2.36. The van der Waals surface area contributed by atoms with E-state index in [0.717, 1.165) is 24.2 Å². The molecule has 1 heterocycles. The molecule has 0 amide bonds. The Kier molecular flexibility index (Phi) is 2.99. The normalized spacial score (nSPS) is 15.4. The van der Waals surface area contributed by atoms with Gasteiger partial charge >= 0.3 is 0 Å². The summed E-state index contributed by atoms with van der Waals surface area (Å²) in [5, 5.41) is 0. The number of rotatable bonds is 2. The summed E-state index contributed by atoms with van der Waals surface area (Å²) >= 11 is 0. The number of nitrogens with two attached hydrogens (primary N) is 1. The van der Waals surface area contributed by atoms with Crippen molar-refractivity contribution in [3.63, 3.8) is 0 Å². The molecule has 2 aromatic rings. The fourth-order valence-electron chi connectivity index (χ4n) is 2.61. The smallest absolute Gasteiger partial charge is 0.147 e. The molecule has 2 aromatic carbocycles. The minimum Gasteiger partial charge on any atom is -0.339 e. The molecule has 1 atom stereocenters. The molecule has 2 nitrogen and oxygen atoms in total. The van der Waals surface area contributed by atoms with Gasteiger partial charge in [0.05, 0.1) is 5.69 Å². The molecule has 19 heavy (non-hydrogen) atoms. The van der Waals surface area contributed by atoms with Crippen molar-refractivity contribution < 1.29 is 4.39 Å². The number of benzene rings is 2. The number of hydrogen-bond donors (Lipinski definition) is 1. The standard InChI is InChI=1S/C16H17FN2/c1-11(18)13-6-7-16(14(17)10-13)19-9-8-12-4-2-3-5-15(12)19/h2-7,10-11H,8-9,18H2,1H3/t11-/m1/s1. The van der Waals surface area contributed by atoms with Gasteiger partial charge in [-0.1, -0.05) is 24.3 Å². The summed E-state index contributed by atoms with van der Waals surface area (Å²) < 4.78 is 14.3. The van der Waals surface area contributed by atoms with Crippen LogP contribution >= 0.6 is 0 Å². The van der Waals surface area contributed by atoms with Crippen LogP contribution in [-0.2, 0) is 6.42 Å². The molecule has 0 aliphatic carbocycles. The van der Waals surface area contributed by atoms with Crippen LogP contribution in [-0.4, -0.2) is 6.54 Å². The van der Waals surface area contributed by atoms with Gasteiger partial charge in [-0.05, 0) is 42.7 Å². The van der Waals surface area contributed by atoms with Gasteiger partial charge in [-0.15, -0.1) is 0 Å². The first-order chi connectivity index (χ1) is 9.16. The lowest BCUT2D eigenvalue weighted by atomic mass is 10.1. The summed E-state index contributed by atoms with van der Waals surface area (Å²) in [6.45, 7) is 2.69. The van der Waals surface area contributed by atoms with Crippen LogP contribution in [0, 0.1) is 5.82 Å². The number of hydrogen-bond acceptors (Lipinski definition) is 2. The second-order valence-electron chi connectivity index (χ2n) is 5.03. The minimum atomic E-state index is -0.202. The fourth-order valence-corrected chi connectivity index (χ4v) is 2.61. The van der Waals surface area contributed by atoms with Gasteiger partial charge in [0.2, 0.25) is 0 Å². The van der Waals surface area contributed by atoms with E-state index in [4.69, 9.17) is 5.73 Å². The Labute approximate surface area is 112 Å². The molecule has 0 unspecified atom stereocenters. The quantitative estimate of drug-likeness (QED) is 0.890. The van der Waals surface area contributed by atoms with E-state index in [1.165, 1.54) is 5.56 Å². The fraction of sp³-hybridized carbons (Fsp3) is 0.250. The second-order valence-corrected chi connectivity index (χ2v) is 5.03. The van der Waals surface area contributed by atoms with E-state index in [9.17, 15) is 4.39 Å². The summed E-state index contributed by atoms with van der Waals surface area (Å²) in [7, 11) is 0. The van der Waals surface area contributed by atoms with E-state index in [-0.39, 0.29) is 11.9 Å². The molecular weight excluding hydrogens is 239 g/mol. The van der Waals surface area contributed by atoms with Gasteiger partial charge in [-0.3, -0.25) is 0 Å². The largest absolute Gasteiger partial charge is 0.339 e. The zero-order chi connectivity index (χ0) is 13.4. The molecular formula is C16H17FN2. The van der Waals surface area contributed by atoms with Gasteiger partial charge in [0, 0.05) is 18.3 Å². The Bertz CT molecular complexity index is 607. The van der Waals surface area contributed by atoms with Crippen LogP contribution in [0.2, 0.25) is 0 Å². The third-order valence-electron chi connectivity index (χ3n) is 3.68. The Hall–Kier alpha value is -1.87. The number of anilines is 2. The third-order valence-corrected chi connectivity index (χ3v) is 3.68. The van der Waals surface area contributed by atoms with E-state index >= 15 is 0 Å². The summed E-state index contributed by atoms with van der Waals surface area (Å²) in [4.78, 5) is 2.04. The maximum absolute atomic E-state index is 14.3. The Balaban J connectivity index is 2.00. The number of para-hydroxylation sites is 1. The summed E-state index contributed by atoms with van der Waals surface area (Å²) in [5.74, 6) is -0.202. The molecule has 1 aliphatic rings. The van der Waals surface area contributed by atoms with Crippen molar-refractivity contribution in [2.24, 2.45) is 5.73 Å².